The zero-order valence-corrected chi connectivity index (χ0v) is 15.2. The molecule has 8 heteroatoms. The number of piperazine rings is 1. The second-order valence-corrected chi connectivity index (χ2v) is 7.19. The fourth-order valence-electron chi connectivity index (χ4n) is 3.99. The molecular formula is C18H25F3N4O. The number of halogens is 3. The van der Waals surface area contributed by atoms with Gasteiger partial charge in [-0.15, -0.1) is 0 Å². The van der Waals surface area contributed by atoms with Crippen molar-refractivity contribution in [3.8, 4) is 0 Å². The fourth-order valence-corrected chi connectivity index (χ4v) is 3.99. The Bertz CT molecular complexity index is 666. The molecule has 0 radical (unpaired) electrons. The third-order valence-corrected chi connectivity index (χ3v) is 5.78. The lowest BCUT2D eigenvalue weighted by Crippen LogP contribution is -2.61. The number of nitrogens with zero attached hydrogens (tertiary/aromatic N) is 4. The molecule has 3 heterocycles. The zero-order valence-electron chi connectivity index (χ0n) is 15.2. The van der Waals surface area contributed by atoms with Crippen molar-refractivity contribution >= 4 is 11.7 Å². The van der Waals surface area contributed by atoms with E-state index in [1.54, 1.807) is 0 Å². The number of pyridine rings is 1. The van der Waals surface area contributed by atoms with Crippen LogP contribution in [0.2, 0.25) is 0 Å². The minimum atomic E-state index is -4.38. The SMILES string of the molecule is CCN1CC[C@@]2(CCC1=O)CN(c1cc(C(F)(F)F)ccn1)CCN2C. The van der Waals surface area contributed by atoms with E-state index in [1.165, 1.54) is 6.20 Å². The Labute approximate surface area is 151 Å². The average Bonchev–Trinajstić information content (AvgIpc) is 2.77. The summed E-state index contributed by atoms with van der Waals surface area (Å²) in [6, 6.07) is 2.12. The lowest BCUT2D eigenvalue weighted by Gasteiger charge is -2.49. The maximum Gasteiger partial charge on any atom is 0.416 e. The van der Waals surface area contributed by atoms with Gasteiger partial charge >= 0.3 is 6.18 Å². The largest absolute Gasteiger partial charge is 0.416 e. The highest BCUT2D eigenvalue weighted by Gasteiger charge is 2.42. The van der Waals surface area contributed by atoms with Crippen molar-refractivity contribution in [2.75, 3.05) is 44.7 Å². The smallest absolute Gasteiger partial charge is 0.353 e. The van der Waals surface area contributed by atoms with Gasteiger partial charge in [-0.25, -0.2) is 4.98 Å². The van der Waals surface area contributed by atoms with Gasteiger partial charge in [-0.3, -0.25) is 9.69 Å². The van der Waals surface area contributed by atoms with Gasteiger partial charge in [0, 0.05) is 50.9 Å². The topological polar surface area (TPSA) is 39.7 Å². The lowest BCUT2D eigenvalue weighted by molar-refractivity contribution is -0.137. The highest BCUT2D eigenvalue weighted by atomic mass is 19.4. The van der Waals surface area contributed by atoms with Gasteiger partial charge in [0.05, 0.1) is 5.56 Å². The van der Waals surface area contributed by atoms with Crippen LogP contribution in [0.1, 0.15) is 31.7 Å². The Kier molecular flexibility index (Phi) is 5.14. The number of aromatic nitrogens is 1. The predicted octanol–water partition coefficient (Wildman–Crippen LogP) is 2.62. The third-order valence-electron chi connectivity index (χ3n) is 5.78. The minimum Gasteiger partial charge on any atom is -0.353 e. The monoisotopic (exact) mass is 370 g/mol. The zero-order chi connectivity index (χ0) is 18.9. The second kappa shape index (κ2) is 7.06. The minimum absolute atomic E-state index is 0.159. The molecule has 2 aliphatic rings. The quantitative estimate of drug-likeness (QED) is 0.802. The van der Waals surface area contributed by atoms with Gasteiger partial charge in [0.1, 0.15) is 5.82 Å². The first kappa shape index (κ1) is 18.9. The molecule has 26 heavy (non-hydrogen) atoms. The number of amides is 1. The molecule has 1 spiro atoms. The molecular weight excluding hydrogens is 345 g/mol. The van der Waals surface area contributed by atoms with Crippen LogP contribution in [0.25, 0.3) is 0 Å². The van der Waals surface area contributed by atoms with E-state index in [-0.39, 0.29) is 11.4 Å². The van der Waals surface area contributed by atoms with Crippen molar-refractivity contribution in [3.05, 3.63) is 23.9 Å². The number of rotatable bonds is 2. The van der Waals surface area contributed by atoms with E-state index in [2.05, 4.69) is 9.88 Å². The molecule has 2 fully saturated rings. The van der Waals surface area contributed by atoms with E-state index < -0.39 is 11.7 Å². The van der Waals surface area contributed by atoms with Crippen LogP contribution >= 0.6 is 0 Å². The Morgan fingerprint density at radius 1 is 1.23 bits per heavy atom. The van der Waals surface area contributed by atoms with Crippen molar-refractivity contribution in [2.24, 2.45) is 0 Å². The van der Waals surface area contributed by atoms with Crippen molar-refractivity contribution in [3.63, 3.8) is 0 Å². The van der Waals surface area contributed by atoms with Gasteiger partial charge in [-0.2, -0.15) is 13.2 Å². The van der Waals surface area contributed by atoms with Gasteiger partial charge in [-0.05, 0) is 38.9 Å². The number of hydrogen-bond donors (Lipinski definition) is 0. The maximum atomic E-state index is 13.0. The summed E-state index contributed by atoms with van der Waals surface area (Å²) in [5.74, 6) is 0.516. The number of likely N-dealkylation sites (tertiary alicyclic amines) is 1. The Balaban J connectivity index is 1.83. The fraction of sp³-hybridized carbons (Fsp3) is 0.667. The number of anilines is 1. The first-order valence-corrected chi connectivity index (χ1v) is 9.02. The predicted molar refractivity (Wildman–Crippen MR) is 92.9 cm³/mol. The molecule has 1 atom stereocenters. The average molecular weight is 370 g/mol. The van der Waals surface area contributed by atoms with E-state index in [4.69, 9.17) is 0 Å². The van der Waals surface area contributed by atoms with Gasteiger partial charge in [0.2, 0.25) is 5.91 Å². The van der Waals surface area contributed by atoms with Gasteiger partial charge < -0.3 is 9.80 Å². The summed E-state index contributed by atoms with van der Waals surface area (Å²) in [4.78, 5) is 22.5. The first-order valence-electron chi connectivity index (χ1n) is 9.02. The molecule has 0 aliphatic carbocycles. The molecule has 0 bridgehead atoms. The normalized spacial score (nSPS) is 25.7. The van der Waals surface area contributed by atoms with Crippen LogP contribution in [-0.2, 0) is 11.0 Å². The molecule has 144 valence electrons. The molecule has 1 amide bonds. The molecule has 0 aromatic carbocycles. The number of likely N-dealkylation sites (N-methyl/N-ethyl adjacent to an activating group) is 1. The highest BCUT2D eigenvalue weighted by molar-refractivity contribution is 5.76. The number of alkyl halides is 3. The summed E-state index contributed by atoms with van der Waals surface area (Å²) >= 11 is 0. The molecule has 0 saturated carbocycles. The van der Waals surface area contributed by atoms with E-state index in [9.17, 15) is 18.0 Å². The Morgan fingerprint density at radius 3 is 2.69 bits per heavy atom. The number of carbonyl (C=O) groups excluding carboxylic acids is 1. The molecule has 0 unspecified atom stereocenters. The summed E-state index contributed by atoms with van der Waals surface area (Å²) in [6.45, 7) is 5.29. The molecule has 2 saturated heterocycles. The molecule has 2 aliphatic heterocycles. The maximum absolute atomic E-state index is 13.0. The van der Waals surface area contributed by atoms with Gasteiger partial charge in [0.25, 0.3) is 0 Å². The van der Waals surface area contributed by atoms with Gasteiger partial charge in [0.15, 0.2) is 0 Å². The van der Waals surface area contributed by atoms with Crippen molar-refractivity contribution in [1.82, 2.24) is 14.8 Å². The van der Waals surface area contributed by atoms with Crippen LogP contribution in [0.5, 0.6) is 0 Å². The van der Waals surface area contributed by atoms with Gasteiger partial charge in [-0.1, -0.05) is 0 Å². The molecule has 3 rings (SSSR count). The summed E-state index contributed by atoms with van der Waals surface area (Å²) in [5, 5.41) is 0. The van der Waals surface area contributed by atoms with E-state index in [1.807, 2.05) is 23.8 Å². The lowest BCUT2D eigenvalue weighted by atomic mass is 9.86. The number of hydrogen-bond acceptors (Lipinski definition) is 4. The summed E-state index contributed by atoms with van der Waals surface area (Å²) in [6.07, 6.45) is -1.15. The molecule has 1 aromatic rings. The van der Waals surface area contributed by atoms with E-state index >= 15 is 0 Å². The molecule has 5 nitrogen and oxygen atoms in total. The van der Waals surface area contributed by atoms with Crippen molar-refractivity contribution in [2.45, 2.75) is 37.9 Å². The van der Waals surface area contributed by atoms with Crippen LogP contribution in [0.3, 0.4) is 0 Å². The van der Waals surface area contributed by atoms with Crippen LogP contribution < -0.4 is 4.90 Å². The standard InChI is InChI=1S/C18H25F3N4O/c1-3-24-9-7-17(6-4-16(24)26)13-25(11-10-23(17)2)15-12-14(5-8-22-15)18(19,20)21/h5,8,12H,3-4,6-7,9-11,13H2,1-2H3/t17-/m0/s1. The van der Waals surface area contributed by atoms with Crippen LogP contribution in [0, 0.1) is 0 Å². The molecule has 0 N–H and O–H groups in total. The first-order chi connectivity index (χ1) is 12.2. The van der Waals surface area contributed by atoms with E-state index in [0.29, 0.717) is 44.8 Å². The Hall–Kier alpha value is -1.83. The summed E-state index contributed by atoms with van der Waals surface area (Å²) in [5.41, 5.74) is -0.892. The van der Waals surface area contributed by atoms with Crippen LogP contribution in [0.4, 0.5) is 19.0 Å². The highest BCUT2D eigenvalue weighted by Crippen LogP contribution is 2.35. The second-order valence-electron chi connectivity index (χ2n) is 7.19. The third kappa shape index (κ3) is 3.65. The Morgan fingerprint density at radius 2 is 2.00 bits per heavy atom. The molecule has 1 aromatic heterocycles. The van der Waals surface area contributed by atoms with Crippen molar-refractivity contribution in [1.29, 1.82) is 0 Å². The number of carbonyl (C=O) groups is 1. The van der Waals surface area contributed by atoms with Crippen LogP contribution in [-0.4, -0.2) is 66.0 Å². The van der Waals surface area contributed by atoms with E-state index in [0.717, 1.165) is 25.1 Å². The summed E-state index contributed by atoms with van der Waals surface area (Å²) < 4.78 is 39.1. The summed E-state index contributed by atoms with van der Waals surface area (Å²) in [7, 11) is 2.04. The van der Waals surface area contributed by atoms with Crippen LogP contribution in [0.15, 0.2) is 18.3 Å². The van der Waals surface area contributed by atoms with Crippen molar-refractivity contribution < 1.29 is 18.0 Å².